The zero-order valence-electron chi connectivity index (χ0n) is 17.2. The Balaban J connectivity index is 1.78. The number of hydrogen-bond acceptors (Lipinski definition) is 2. The maximum atomic E-state index is 11.1. The summed E-state index contributed by atoms with van der Waals surface area (Å²) in [5.41, 5.74) is 2.29. The predicted molar refractivity (Wildman–Crippen MR) is 129 cm³/mol. The molecule has 1 atom stereocenters. The average molecular weight is 460 g/mol. The van der Waals surface area contributed by atoms with Gasteiger partial charge in [0.05, 0.1) is 6.04 Å². The highest BCUT2D eigenvalue weighted by Crippen LogP contribution is 2.43. The molecular weight excluding hydrogens is 434 g/mol. The molecule has 5 rings (SSSR count). The third-order valence-electron chi connectivity index (χ3n) is 6.58. The molecule has 3 heteroatoms. The van der Waals surface area contributed by atoms with Gasteiger partial charge in [-0.1, -0.05) is 77.5 Å². The van der Waals surface area contributed by atoms with Gasteiger partial charge >= 0.3 is 0 Å². The zero-order chi connectivity index (χ0) is 20.7. The van der Waals surface area contributed by atoms with E-state index in [4.69, 9.17) is 0 Å². The van der Waals surface area contributed by atoms with Gasteiger partial charge in [0, 0.05) is 10.0 Å². The van der Waals surface area contributed by atoms with Crippen molar-refractivity contribution in [2.75, 3.05) is 13.1 Å². The minimum Gasteiger partial charge on any atom is -0.508 e. The van der Waals surface area contributed by atoms with Crippen molar-refractivity contribution >= 4 is 37.5 Å². The van der Waals surface area contributed by atoms with Gasteiger partial charge in [0.1, 0.15) is 5.75 Å². The third-order valence-corrected chi connectivity index (χ3v) is 7.07. The third kappa shape index (κ3) is 3.51. The molecule has 1 unspecified atom stereocenters. The van der Waals surface area contributed by atoms with Crippen LogP contribution < -0.4 is 0 Å². The van der Waals surface area contributed by atoms with Gasteiger partial charge in [-0.2, -0.15) is 0 Å². The van der Waals surface area contributed by atoms with E-state index in [9.17, 15) is 5.11 Å². The molecule has 0 spiro atoms. The van der Waals surface area contributed by atoms with Gasteiger partial charge in [-0.05, 0) is 77.2 Å². The molecule has 1 fully saturated rings. The Bertz CT molecular complexity index is 1200. The van der Waals surface area contributed by atoms with E-state index in [1.165, 1.54) is 29.2 Å². The van der Waals surface area contributed by atoms with Crippen molar-refractivity contribution in [3.8, 4) is 5.75 Å². The summed E-state index contributed by atoms with van der Waals surface area (Å²) in [5, 5.41) is 15.9. The topological polar surface area (TPSA) is 23.5 Å². The fourth-order valence-corrected chi connectivity index (χ4v) is 5.29. The second kappa shape index (κ2) is 8.05. The van der Waals surface area contributed by atoms with Crippen molar-refractivity contribution in [2.24, 2.45) is 5.92 Å². The van der Waals surface area contributed by atoms with Crippen LogP contribution in [0.1, 0.15) is 36.9 Å². The number of phenols is 1. The summed E-state index contributed by atoms with van der Waals surface area (Å²) >= 11 is 3.60. The van der Waals surface area contributed by atoms with E-state index in [1.54, 1.807) is 0 Å². The quantitative estimate of drug-likeness (QED) is 0.347. The van der Waals surface area contributed by atoms with Crippen molar-refractivity contribution in [1.82, 2.24) is 4.90 Å². The molecule has 0 bridgehead atoms. The summed E-state index contributed by atoms with van der Waals surface area (Å²) in [7, 11) is 0. The van der Waals surface area contributed by atoms with Crippen LogP contribution in [0.15, 0.2) is 77.3 Å². The van der Waals surface area contributed by atoms with Crippen molar-refractivity contribution in [3.05, 3.63) is 88.4 Å². The smallest absolute Gasteiger partial charge is 0.121 e. The SMILES string of the molecule is CC1CCN(C(c2cccc3ccccc23)c2c(O)ccc3cc(Br)ccc23)CC1. The van der Waals surface area contributed by atoms with Gasteiger partial charge < -0.3 is 5.11 Å². The monoisotopic (exact) mass is 459 g/mol. The summed E-state index contributed by atoms with van der Waals surface area (Å²) in [4.78, 5) is 2.57. The van der Waals surface area contributed by atoms with Crippen molar-refractivity contribution in [2.45, 2.75) is 25.8 Å². The Morgan fingerprint density at radius 3 is 2.47 bits per heavy atom. The van der Waals surface area contributed by atoms with E-state index in [0.717, 1.165) is 39.8 Å². The molecular formula is C27H26BrNO. The first kappa shape index (κ1) is 19.6. The first-order valence-electron chi connectivity index (χ1n) is 10.7. The number of piperidine rings is 1. The van der Waals surface area contributed by atoms with E-state index < -0.39 is 0 Å². The number of halogens is 1. The maximum Gasteiger partial charge on any atom is 0.121 e. The molecule has 4 aromatic carbocycles. The molecule has 1 aliphatic rings. The van der Waals surface area contributed by atoms with Crippen LogP contribution in [-0.2, 0) is 0 Å². The van der Waals surface area contributed by atoms with Crippen LogP contribution in [0.4, 0.5) is 0 Å². The normalized spacial score (nSPS) is 16.9. The highest BCUT2D eigenvalue weighted by molar-refractivity contribution is 9.10. The Morgan fingerprint density at radius 2 is 1.63 bits per heavy atom. The maximum absolute atomic E-state index is 11.1. The van der Waals surface area contributed by atoms with Crippen molar-refractivity contribution in [3.63, 3.8) is 0 Å². The van der Waals surface area contributed by atoms with Crippen LogP contribution in [0.25, 0.3) is 21.5 Å². The van der Waals surface area contributed by atoms with E-state index in [-0.39, 0.29) is 6.04 Å². The largest absolute Gasteiger partial charge is 0.508 e. The van der Waals surface area contributed by atoms with Crippen molar-refractivity contribution < 1.29 is 5.11 Å². The lowest BCUT2D eigenvalue weighted by Gasteiger charge is -2.38. The summed E-state index contributed by atoms with van der Waals surface area (Å²) in [6.07, 6.45) is 2.39. The minimum absolute atomic E-state index is 0.0217. The predicted octanol–water partition coefficient (Wildman–Crippen LogP) is 7.28. The summed E-state index contributed by atoms with van der Waals surface area (Å²) in [5.74, 6) is 1.13. The number of nitrogens with zero attached hydrogens (tertiary/aromatic N) is 1. The molecule has 1 aliphatic heterocycles. The molecule has 1 heterocycles. The molecule has 0 aromatic heterocycles. The first-order valence-corrected chi connectivity index (χ1v) is 11.5. The van der Waals surface area contributed by atoms with Gasteiger partial charge in [-0.25, -0.2) is 0 Å². The van der Waals surface area contributed by atoms with Gasteiger partial charge in [-0.15, -0.1) is 0 Å². The second-order valence-corrected chi connectivity index (χ2v) is 9.47. The number of rotatable bonds is 3. The Hall–Kier alpha value is -2.36. The highest BCUT2D eigenvalue weighted by Gasteiger charge is 2.30. The number of phenolic OH excluding ortho intramolecular Hbond substituents is 1. The summed E-state index contributed by atoms with van der Waals surface area (Å²) in [6, 6.07) is 25.4. The lowest BCUT2D eigenvalue weighted by molar-refractivity contribution is 0.157. The lowest BCUT2D eigenvalue weighted by Crippen LogP contribution is -2.37. The zero-order valence-corrected chi connectivity index (χ0v) is 18.8. The number of likely N-dealkylation sites (tertiary alicyclic amines) is 1. The van der Waals surface area contributed by atoms with Crippen molar-refractivity contribution in [1.29, 1.82) is 0 Å². The standard InChI is InChI=1S/C27H26BrNO/c1-18-13-15-29(16-14-18)27(24-8-4-6-19-5-2-3-7-22(19)24)26-23-11-10-21(28)17-20(23)9-12-25(26)30/h2-12,17-18,27,30H,13-16H2,1H3. The van der Waals surface area contributed by atoms with Crippen LogP contribution in [0.2, 0.25) is 0 Å². The van der Waals surface area contributed by atoms with Gasteiger partial charge in [0.2, 0.25) is 0 Å². The molecule has 2 nitrogen and oxygen atoms in total. The fourth-order valence-electron chi connectivity index (χ4n) is 4.91. The number of hydrogen-bond donors (Lipinski definition) is 1. The van der Waals surface area contributed by atoms with Crippen LogP contribution in [0, 0.1) is 5.92 Å². The summed E-state index contributed by atoms with van der Waals surface area (Å²) in [6.45, 7) is 4.43. The molecule has 30 heavy (non-hydrogen) atoms. The Labute approximate surface area is 186 Å². The lowest BCUT2D eigenvalue weighted by atomic mass is 9.87. The molecule has 0 amide bonds. The molecule has 0 saturated carbocycles. The number of fused-ring (bicyclic) bond motifs is 2. The Morgan fingerprint density at radius 1 is 0.867 bits per heavy atom. The van der Waals surface area contributed by atoms with Gasteiger partial charge in [0.15, 0.2) is 0 Å². The molecule has 152 valence electrons. The molecule has 4 aromatic rings. The van der Waals surface area contributed by atoms with Gasteiger partial charge in [0.25, 0.3) is 0 Å². The Kier molecular flexibility index (Phi) is 5.26. The van der Waals surface area contributed by atoms with Gasteiger partial charge in [-0.3, -0.25) is 4.90 Å². The minimum atomic E-state index is 0.0217. The van der Waals surface area contributed by atoms with E-state index in [0.29, 0.717) is 5.75 Å². The number of benzene rings is 4. The first-order chi connectivity index (χ1) is 14.6. The summed E-state index contributed by atoms with van der Waals surface area (Å²) < 4.78 is 1.06. The van der Waals surface area contributed by atoms with Crippen LogP contribution in [0.3, 0.4) is 0 Å². The fraction of sp³-hybridized carbons (Fsp3) is 0.259. The molecule has 1 N–H and O–H groups in total. The van der Waals surface area contributed by atoms with Crippen LogP contribution in [-0.4, -0.2) is 23.1 Å². The molecule has 0 aliphatic carbocycles. The van der Waals surface area contributed by atoms with E-state index in [2.05, 4.69) is 88.4 Å². The van der Waals surface area contributed by atoms with E-state index in [1.807, 2.05) is 12.1 Å². The number of aromatic hydroxyl groups is 1. The second-order valence-electron chi connectivity index (χ2n) is 8.55. The van der Waals surface area contributed by atoms with E-state index >= 15 is 0 Å². The van der Waals surface area contributed by atoms with Crippen LogP contribution >= 0.6 is 15.9 Å². The molecule has 1 saturated heterocycles. The molecule has 0 radical (unpaired) electrons. The van der Waals surface area contributed by atoms with Crippen LogP contribution in [0.5, 0.6) is 5.75 Å². The highest BCUT2D eigenvalue weighted by atomic mass is 79.9. The average Bonchev–Trinajstić information content (AvgIpc) is 2.77.